The van der Waals surface area contributed by atoms with Gasteiger partial charge in [-0.05, 0) is 42.2 Å². The number of hydrogen-bond acceptors (Lipinski definition) is 3. The van der Waals surface area contributed by atoms with Gasteiger partial charge in [0.2, 0.25) is 0 Å². The van der Waals surface area contributed by atoms with Crippen molar-refractivity contribution in [1.82, 2.24) is 5.32 Å². The Kier molecular flexibility index (Phi) is 4.41. The SMILES string of the molecule is O=C(NCc1ccc2c(c1)CCCS2(=O)=O)c1ccccc1Cl. The molecule has 0 aromatic heterocycles. The van der Waals surface area contributed by atoms with Gasteiger partial charge in [0.1, 0.15) is 0 Å². The zero-order valence-electron chi connectivity index (χ0n) is 12.4. The molecule has 1 heterocycles. The Labute approximate surface area is 140 Å². The highest BCUT2D eigenvalue weighted by Gasteiger charge is 2.23. The number of fused-ring (bicyclic) bond motifs is 1. The third kappa shape index (κ3) is 3.41. The summed E-state index contributed by atoms with van der Waals surface area (Å²) >= 11 is 6.00. The fourth-order valence-electron chi connectivity index (χ4n) is 2.73. The minimum Gasteiger partial charge on any atom is -0.348 e. The molecule has 0 saturated carbocycles. The second-order valence-electron chi connectivity index (χ2n) is 5.53. The molecule has 120 valence electrons. The summed E-state index contributed by atoms with van der Waals surface area (Å²) in [5, 5.41) is 3.21. The van der Waals surface area contributed by atoms with Gasteiger partial charge in [-0.15, -0.1) is 0 Å². The molecule has 6 heteroatoms. The number of carbonyl (C=O) groups is 1. The van der Waals surface area contributed by atoms with E-state index < -0.39 is 9.84 Å². The molecule has 4 nitrogen and oxygen atoms in total. The Morgan fingerprint density at radius 2 is 1.96 bits per heavy atom. The minimum atomic E-state index is -3.14. The van der Waals surface area contributed by atoms with E-state index in [0.29, 0.717) is 28.4 Å². The molecule has 0 fully saturated rings. The third-order valence-electron chi connectivity index (χ3n) is 3.89. The van der Waals surface area contributed by atoms with Crippen molar-refractivity contribution in [1.29, 1.82) is 0 Å². The number of benzene rings is 2. The number of nitrogens with one attached hydrogen (secondary N) is 1. The molecule has 0 saturated heterocycles. The van der Waals surface area contributed by atoms with E-state index in [1.54, 1.807) is 36.4 Å². The van der Waals surface area contributed by atoms with Crippen LogP contribution in [0.4, 0.5) is 0 Å². The van der Waals surface area contributed by atoms with E-state index >= 15 is 0 Å². The van der Waals surface area contributed by atoms with Gasteiger partial charge in [-0.1, -0.05) is 35.9 Å². The minimum absolute atomic E-state index is 0.211. The summed E-state index contributed by atoms with van der Waals surface area (Å²) in [7, 11) is -3.14. The number of hydrogen-bond donors (Lipinski definition) is 1. The molecule has 0 spiro atoms. The normalized spacial score (nSPS) is 15.7. The lowest BCUT2D eigenvalue weighted by atomic mass is 10.1. The molecule has 3 rings (SSSR count). The van der Waals surface area contributed by atoms with Crippen molar-refractivity contribution >= 4 is 27.3 Å². The van der Waals surface area contributed by atoms with Crippen molar-refractivity contribution in [3.05, 3.63) is 64.2 Å². The van der Waals surface area contributed by atoms with Crippen molar-refractivity contribution in [3.8, 4) is 0 Å². The van der Waals surface area contributed by atoms with Crippen molar-refractivity contribution < 1.29 is 13.2 Å². The van der Waals surface area contributed by atoms with E-state index in [1.165, 1.54) is 0 Å². The van der Waals surface area contributed by atoms with Crippen LogP contribution in [0.5, 0.6) is 0 Å². The molecular weight excluding hydrogens is 334 g/mol. The molecule has 0 bridgehead atoms. The van der Waals surface area contributed by atoms with Gasteiger partial charge in [0, 0.05) is 6.54 Å². The molecule has 0 radical (unpaired) electrons. The zero-order valence-corrected chi connectivity index (χ0v) is 14.0. The molecule has 0 aliphatic carbocycles. The van der Waals surface area contributed by atoms with Crippen LogP contribution in [-0.4, -0.2) is 20.1 Å². The number of sulfone groups is 1. The summed E-state index contributed by atoms with van der Waals surface area (Å²) in [4.78, 5) is 12.6. The van der Waals surface area contributed by atoms with Gasteiger partial charge in [-0.3, -0.25) is 4.79 Å². The van der Waals surface area contributed by atoms with E-state index in [1.807, 2.05) is 6.07 Å². The molecule has 23 heavy (non-hydrogen) atoms. The standard InChI is InChI=1S/C17H16ClNO3S/c18-15-6-2-1-5-14(15)17(20)19-11-12-7-8-16-13(10-12)4-3-9-23(16,21)22/h1-2,5-8,10H,3-4,9,11H2,(H,19,20). The third-order valence-corrected chi connectivity index (χ3v) is 6.11. The Bertz CT molecular complexity index is 862. The van der Waals surface area contributed by atoms with Gasteiger partial charge in [-0.2, -0.15) is 0 Å². The predicted molar refractivity (Wildman–Crippen MR) is 89.4 cm³/mol. The van der Waals surface area contributed by atoms with Crippen molar-refractivity contribution in [2.24, 2.45) is 0 Å². The van der Waals surface area contributed by atoms with E-state index in [4.69, 9.17) is 11.6 Å². The van der Waals surface area contributed by atoms with Gasteiger partial charge < -0.3 is 5.32 Å². The van der Waals surface area contributed by atoms with Crippen LogP contribution in [0, 0.1) is 0 Å². The summed E-state index contributed by atoms with van der Waals surface area (Å²) in [6.45, 7) is 0.331. The van der Waals surface area contributed by atoms with E-state index in [-0.39, 0.29) is 11.7 Å². The lowest BCUT2D eigenvalue weighted by Crippen LogP contribution is -2.23. The average Bonchev–Trinajstić information content (AvgIpc) is 2.52. The van der Waals surface area contributed by atoms with Crippen LogP contribution in [0.15, 0.2) is 47.4 Å². The van der Waals surface area contributed by atoms with Gasteiger partial charge >= 0.3 is 0 Å². The topological polar surface area (TPSA) is 63.2 Å². The number of amides is 1. The first-order valence-electron chi connectivity index (χ1n) is 7.35. The Balaban J connectivity index is 1.75. The molecule has 2 aromatic rings. The van der Waals surface area contributed by atoms with Gasteiger partial charge in [0.25, 0.3) is 5.91 Å². The van der Waals surface area contributed by atoms with Crippen molar-refractivity contribution in [2.75, 3.05) is 5.75 Å². The van der Waals surface area contributed by atoms with Gasteiger partial charge in [0.05, 0.1) is 21.2 Å². The average molecular weight is 350 g/mol. The summed E-state index contributed by atoms with van der Waals surface area (Å²) in [6.07, 6.45) is 1.39. The smallest absolute Gasteiger partial charge is 0.253 e. The maximum Gasteiger partial charge on any atom is 0.253 e. The second-order valence-corrected chi connectivity index (χ2v) is 8.01. The highest BCUT2D eigenvalue weighted by Crippen LogP contribution is 2.26. The highest BCUT2D eigenvalue weighted by molar-refractivity contribution is 7.91. The molecule has 1 aliphatic heterocycles. The van der Waals surface area contributed by atoms with Crippen LogP contribution in [-0.2, 0) is 22.8 Å². The predicted octanol–water partition coefficient (Wildman–Crippen LogP) is 2.99. The zero-order chi connectivity index (χ0) is 16.4. The van der Waals surface area contributed by atoms with Crippen LogP contribution in [0.3, 0.4) is 0 Å². The first-order chi connectivity index (χ1) is 11.0. The maximum atomic E-state index is 12.1. The van der Waals surface area contributed by atoms with Crippen LogP contribution >= 0.6 is 11.6 Å². The quantitative estimate of drug-likeness (QED) is 0.926. The van der Waals surface area contributed by atoms with Crippen LogP contribution in [0.25, 0.3) is 0 Å². The molecule has 1 amide bonds. The number of aryl methyl sites for hydroxylation is 1. The second kappa shape index (κ2) is 6.34. The number of rotatable bonds is 3. The summed E-state index contributed by atoms with van der Waals surface area (Å²) < 4.78 is 24.0. The molecule has 0 unspecified atom stereocenters. The van der Waals surface area contributed by atoms with E-state index in [2.05, 4.69) is 5.32 Å². The van der Waals surface area contributed by atoms with Crippen LogP contribution in [0.2, 0.25) is 5.02 Å². The molecule has 0 atom stereocenters. The highest BCUT2D eigenvalue weighted by atomic mass is 35.5. The molecule has 2 aromatic carbocycles. The van der Waals surface area contributed by atoms with Gasteiger partial charge in [0.15, 0.2) is 9.84 Å². The Morgan fingerprint density at radius 3 is 2.74 bits per heavy atom. The first kappa shape index (κ1) is 16.0. The van der Waals surface area contributed by atoms with E-state index in [0.717, 1.165) is 17.5 Å². The largest absolute Gasteiger partial charge is 0.348 e. The Hall–Kier alpha value is -1.85. The van der Waals surface area contributed by atoms with E-state index in [9.17, 15) is 13.2 Å². The fraction of sp³-hybridized carbons (Fsp3) is 0.235. The lowest BCUT2D eigenvalue weighted by molar-refractivity contribution is 0.0951. The molecule has 1 aliphatic rings. The van der Waals surface area contributed by atoms with Crippen molar-refractivity contribution in [2.45, 2.75) is 24.3 Å². The summed E-state index contributed by atoms with van der Waals surface area (Å²) in [5.41, 5.74) is 2.14. The first-order valence-corrected chi connectivity index (χ1v) is 9.38. The van der Waals surface area contributed by atoms with Crippen molar-refractivity contribution in [3.63, 3.8) is 0 Å². The maximum absolute atomic E-state index is 12.1. The number of carbonyl (C=O) groups excluding carboxylic acids is 1. The summed E-state index contributed by atoms with van der Waals surface area (Å²) in [6, 6.07) is 12.1. The lowest BCUT2D eigenvalue weighted by Gasteiger charge is -2.17. The van der Waals surface area contributed by atoms with Crippen LogP contribution in [0.1, 0.15) is 27.9 Å². The summed E-state index contributed by atoms with van der Waals surface area (Å²) in [5.74, 6) is -0.0382. The Morgan fingerprint density at radius 1 is 1.17 bits per heavy atom. The monoisotopic (exact) mass is 349 g/mol. The number of halogens is 1. The molecule has 1 N–H and O–H groups in total. The fourth-order valence-corrected chi connectivity index (χ4v) is 4.53. The van der Waals surface area contributed by atoms with Crippen LogP contribution < -0.4 is 5.32 Å². The molecular formula is C17H16ClNO3S. The van der Waals surface area contributed by atoms with Gasteiger partial charge in [-0.25, -0.2) is 8.42 Å².